The fourth-order valence-corrected chi connectivity index (χ4v) is 3.34. The van der Waals surface area contributed by atoms with E-state index in [2.05, 4.69) is 53.9 Å². The van der Waals surface area contributed by atoms with Crippen LogP contribution in [-0.2, 0) is 5.41 Å². The summed E-state index contributed by atoms with van der Waals surface area (Å²) in [6.07, 6.45) is 1.60. The molecular formula is C22H27IN2O3. The maximum atomic E-state index is 12.3. The minimum atomic E-state index is -0.248. The van der Waals surface area contributed by atoms with Crippen LogP contribution >= 0.6 is 22.6 Å². The number of halogens is 1. The first-order valence-electron chi connectivity index (χ1n) is 9.29. The molecule has 150 valence electrons. The zero-order chi connectivity index (χ0) is 20.7. The molecule has 28 heavy (non-hydrogen) atoms. The highest BCUT2D eigenvalue weighted by Gasteiger charge is 2.14. The highest BCUT2D eigenvalue weighted by Crippen LogP contribution is 2.33. The fourth-order valence-electron chi connectivity index (χ4n) is 2.56. The number of rotatable bonds is 7. The first kappa shape index (κ1) is 22.2. The molecule has 0 saturated heterocycles. The van der Waals surface area contributed by atoms with E-state index in [0.717, 1.165) is 14.9 Å². The van der Waals surface area contributed by atoms with Gasteiger partial charge in [-0.3, -0.25) is 4.79 Å². The molecule has 0 bridgehead atoms. The second-order valence-electron chi connectivity index (χ2n) is 7.22. The minimum Gasteiger partial charge on any atom is -0.490 e. The van der Waals surface area contributed by atoms with Gasteiger partial charge >= 0.3 is 0 Å². The number of hydrazone groups is 1. The van der Waals surface area contributed by atoms with Crippen molar-refractivity contribution in [2.24, 2.45) is 5.10 Å². The van der Waals surface area contributed by atoms with Gasteiger partial charge in [-0.25, -0.2) is 5.43 Å². The van der Waals surface area contributed by atoms with Gasteiger partial charge in [0, 0.05) is 5.56 Å². The number of benzene rings is 2. The number of ether oxygens (including phenoxy) is 2. The van der Waals surface area contributed by atoms with E-state index >= 15 is 0 Å². The van der Waals surface area contributed by atoms with E-state index in [1.165, 1.54) is 5.56 Å². The summed E-state index contributed by atoms with van der Waals surface area (Å²) in [5.74, 6) is 1.15. The van der Waals surface area contributed by atoms with Gasteiger partial charge in [-0.2, -0.15) is 5.10 Å². The molecule has 0 aromatic heterocycles. The summed E-state index contributed by atoms with van der Waals surface area (Å²) in [4.78, 5) is 12.3. The molecule has 0 spiro atoms. The molecular weight excluding hydrogens is 467 g/mol. The van der Waals surface area contributed by atoms with E-state index in [9.17, 15) is 4.79 Å². The molecule has 2 rings (SSSR count). The zero-order valence-electron chi connectivity index (χ0n) is 17.0. The third-order valence-electron chi connectivity index (χ3n) is 4.01. The van der Waals surface area contributed by atoms with E-state index < -0.39 is 0 Å². The number of nitrogens with zero attached hydrogens (tertiary/aromatic N) is 1. The number of hydrogen-bond acceptors (Lipinski definition) is 4. The Hall–Kier alpha value is -2.09. The lowest BCUT2D eigenvalue weighted by Gasteiger charge is -2.18. The molecule has 1 N–H and O–H groups in total. The number of nitrogens with one attached hydrogen (secondary N) is 1. The maximum Gasteiger partial charge on any atom is 0.271 e. The van der Waals surface area contributed by atoms with Gasteiger partial charge in [-0.1, -0.05) is 32.9 Å². The molecule has 0 unspecified atom stereocenters. The van der Waals surface area contributed by atoms with E-state index in [0.29, 0.717) is 24.5 Å². The van der Waals surface area contributed by atoms with Gasteiger partial charge < -0.3 is 9.47 Å². The Morgan fingerprint density at radius 2 is 1.75 bits per heavy atom. The van der Waals surface area contributed by atoms with Crippen molar-refractivity contribution in [2.75, 3.05) is 13.2 Å². The second-order valence-corrected chi connectivity index (χ2v) is 8.38. The third-order valence-corrected chi connectivity index (χ3v) is 4.81. The van der Waals surface area contributed by atoms with Gasteiger partial charge in [0.1, 0.15) is 0 Å². The highest BCUT2D eigenvalue weighted by molar-refractivity contribution is 14.1. The molecule has 0 fully saturated rings. The molecule has 0 aliphatic rings. The molecule has 0 saturated carbocycles. The van der Waals surface area contributed by atoms with Crippen LogP contribution in [0.3, 0.4) is 0 Å². The topological polar surface area (TPSA) is 59.9 Å². The Morgan fingerprint density at radius 1 is 1.11 bits per heavy atom. The van der Waals surface area contributed by atoms with Crippen LogP contribution in [0.5, 0.6) is 11.5 Å². The van der Waals surface area contributed by atoms with Gasteiger partial charge in [0.25, 0.3) is 5.91 Å². The normalized spacial score (nSPS) is 11.5. The van der Waals surface area contributed by atoms with Crippen LogP contribution in [0.25, 0.3) is 0 Å². The van der Waals surface area contributed by atoms with Crippen LogP contribution in [0.15, 0.2) is 41.5 Å². The molecule has 1 amide bonds. The van der Waals surface area contributed by atoms with Crippen LogP contribution in [0.2, 0.25) is 0 Å². The van der Waals surface area contributed by atoms with E-state index in [1.54, 1.807) is 6.21 Å². The fraction of sp³-hybridized carbons (Fsp3) is 0.364. The largest absolute Gasteiger partial charge is 0.490 e. The Morgan fingerprint density at radius 3 is 2.32 bits per heavy atom. The number of carbonyl (C=O) groups excluding carboxylic acids is 1. The van der Waals surface area contributed by atoms with Crippen molar-refractivity contribution < 1.29 is 14.3 Å². The van der Waals surface area contributed by atoms with Gasteiger partial charge in [0.05, 0.1) is 23.0 Å². The van der Waals surface area contributed by atoms with Gasteiger partial charge in [0.15, 0.2) is 11.5 Å². The number of hydrogen-bond donors (Lipinski definition) is 1. The Balaban J connectivity index is 2.10. The summed E-state index contributed by atoms with van der Waals surface area (Å²) in [5, 5.41) is 4.08. The first-order valence-corrected chi connectivity index (χ1v) is 10.4. The van der Waals surface area contributed by atoms with Crippen molar-refractivity contribution in [3.8, 4) is 11.5 Å². The summed E-state index contributed by atoms with van der Waals surface area (Å²) >= 11 is 2.20. The lowest BCUT2D eigenvalue weighted by atomic mass is 9.87. The minimum absolute atomic E-state index is 0.0518. The SMILES string of the molecule is CCOc1cc(/C=N\NC(=O)c2ccc(C(C)(C)C)cc2)cc(I)c1OCC. The molecule has 0 aliphatic carbocycles. The Labute approximate surface area is 180 Å². The standard InChI is InChI=1S/C22H27IN2O3/c1-6-27-19-13-15(12-18(23)20(19)28-7-2)14-24-25-21(26)16-8-10-17(11-9-16)22(3,4)5/h8-14H,6-7H2,1-5H3,(H,25,26)/b24-14-. The van der Waals surface area contributed by atoms with Crippen LogP contribution in [-0.4, -0.2) is 25.3 Å². The summed E-state index contributed by atoms with van der Waals surface area (Å²) in [6, 6.07) is 11.4. The number of carbonyl (C=O) groups is 1. The lowest BCUT2D eigenvalue weighted by molar-refractivity contribution is 0.0955. The predicted octanol–water partition coefficient (Wildman–Crippen LogP) is 5.15. The maximum absolute atomic E-state index is 12.3. The first-order chi connectivity index (χ1) is 13.3. The van der Waals surface area contributed by atoms with Crippen LogP contribution < -0.4 is 14.9 Å². The van der Waals surface area contributed by atoms with Gasteiger partial charge in [-0.05, 0) is 77.2 Å². The van der Waals surface area contributed by atoms with Crippen molar-refractivity contribution in [3.63, 3.8) is 0 Å². The molecule has 0 atom stereocenters. The predicted molar refractivity (Wildman–Crippen MR) is 122 cm³/mol. The molecule has 0 heterocycles. The van der Waals surface area contributed by atoms with Crippen molar-refractivity contribution in [3.05, 3.63) is 56.7 Å². The summed E-state index contributed by atoms with van der Waals surface area (Å²) in [5.41, 5.74) is 5.19. The van der Waals surface area contributed by atoms with Crippen LogP contribution in [0.4, 0.5) is 0 Å². The van der Waals surface area contributed by atoms with Gasteiger partial charge in [0.2, 0.25) is 0 Å². The number of amides is 1. The monoisotopic (exact) mass is 494 g/mol. The lowest BCUT2D eigenvalue weighted by Crippen LogP contribution is -2.18. The molecule has 6 heteroatoms. The van der Waals surface area contributed by atoms with E-state index in [4.69, 9.17) is 9.47 Å². The van der Waals surface area contributed by atoms with Crippen LogP contribution in [0.1, 0.15) is 56.1 Å². The molecule has 0 radical (unpaired) electrons. The quantitative estimate of drug-likeness (QED) is 0.329. The summed E-state index contributed by atoms with van der Waals surface area (Å²) in [7, 11) is 0. The summed E-state index contributed by atoms with van der Waals surface area (Å²) in [6.45, 7) is 11.4. The average Bonchev–Trinajstić information content (AvgIpc) is 2.64. The van der Waals surface area contributed by atoms with E-state index in [-0.39, 0.29) is 11.3 Å². The van der Waals surface area contributed by atoms with Gasteiger partial charge in [-0.15, -0.1) is 0 Å². The average molecular weight is 494 g/mol. The zero-order valence-corrected chi connectivity index (χ0v) is 19.2. The molecule has 0 aliphatic heterocycles. The Kier molecular flexibility index (Phi) is 7.86. The molecule has 5 nitrogen and oxygen atoms in total. The summed E-state index contributed by atoms with van der Waals surface area (Å²) < 4.78 is 12.3. The van der Waals surface area contributed by atoms with Crippen LogP contribution in [0, 0.1) is 3.57 Å². The molecule has 2 aromatic carbocycles. The van der Waals surface area contributed by atoms with Crippen molar-refractivity contribution in [1.82, 2.24) is 5.43 Å². The van der Waals surface area contributed by atoms with E-state index in [1.807, 2.05) is 50.2 Å². The Bertz CT molecular complexity index is 840. The third kappa shape index (κ3) is 5.95. The second kappa shape index (κ2) is 9.91. The highest BCUT2D eigenvalue weighted by atomic mass is 127. The van der Waals surface area contributed by atoms with Crippen molar-refractivity contribution >= 4 is 34.7 Å². The smallest absolute Gasteiger partial charge is 0.271 e. The molecule has 2 aromatic rings. The van der Waals surface area contributed by atoms with Crippen molar-refractivity contribution in [2.45, 2.75) is 40.0 Å². The van der Waals surface area contributed by atoms with Crippen molar-refractivity contribution in [1.29, 1.82) is 0 Å².